The molecule has 5 nitrogen and oxygen atoms in total. The molecule has 28 heavy (non-hydrogen) atoms. The van der Waals surface area contributed by atoms with E-state index in [1.165, 1.54) is 6.07 Å². The van der Waals surface area contributed by atoms with Gasteiger partial charge in [-0.1, -0.05) is 24.6 Å². The number of alkyl halides is 3. The number of nitrogens with zero attached hydrogens (tertiary/aromatic N) is 4. The third-order valence-electron chi connectivity index (χ3n) is 5.76. The van der Waals surface area contributed by atoms with Crippen LogP contribution < -0.4 is 4.90 Å². The van der Waals surface area contributed by atoms with Crippen LogP contribution in [-0.2, 0) is 16.4 Å². The van der Waals surface area contributed by atoms with Crippen LogP contribution in [0.4, 0.5) is 19.1 Å². The van der Waals surface area contributed by atoms with Crippen molar-refractivity contribution in [2.75, 3.05) is 31.1 Å². The second kappa shape index (κ2) is 7.07. The van der Waals surface area contributed by atoms with E-state index < -0.39 is 17.2 Å². The average Bonchev–Trinajstić information content (AvgIpc) is 2.67. The molecule has 2 heterocycles. The Bertz CT molecular complexity index is 844. The summed E-state index contributed by atoms with van der Waals surface area (Å²) in [5.74, 6) is 0.567. The summed E-state index contributed by atoms with van der Waals surface area (Å²) in [5.41, 5.74) is -1.05. The van der Waals surface area contributed by atoms with Crippen LogP contribution in [0.15, 0.2) is 42.7 Å². The largest absolute Gasteiger partial charge is 0.416 e. The van der Waals surface area contributed by atoms with Gasteiger partial charge in [0, 0.05) is 38.6 Å². The number of carbonyl (C=O) groups is 1. The molecule has 0 atom stereocenters. The van der Waals surface area contributed by atoms with Crippen LogP contribution in [0.1, 0.15) is 30.4 Å². The zero-order valence-corrected chi connectivity index (χ0v) is 15.3. The Kier molecular flexibility index (Phi) is 4.72. The Morgan fingerprint density at radius 3 is 2.25 bits per heavy atom. The van der Waals surface area contributed by atoms with Crippen LogP contribution in [-0.4, -0.2) is 47.0 Å². The first-order valence-electron chi connectivity index (χ1n) is 9.39. The summed E-state index contributed by atoms with van der Waals surface area (Å²) < 4.78 is 39.4. The Morgan fingerprint density at radius 1 is 1.00 bits per heavy atom. The molecule has 4 rings (SSSR count). The lowest BCUT2D eigenvalue weighted by Crippen LogP contribution is -2.57. The topological polar surface area (TPSA) is 49.3 Å². The molecule has 1 aromatic heterocycles. The molecular formula is C20H21F3N4O. The highest BCUT2D eigenvalue weighted by Crippen LogP contribution is 2.46. The maximum absolute atomic E-state index is 13.3. The smallest absolute Gasteiger partial charge is 0.338 e. The molecule has 1 amide bonds. The number of rotatable bonds is 3. The van der Waals surface area contributed by atoms with Gasteiger partial charge in [0.05, 0.1) is 11.0 Å². The van der Waals surface area contributed by atoms with Crippen molar-refractivity contribution in [2.24, 2.45) is 0 Å². The molecule has 2 aromatic rings. The molecular weight excluding hydrogens is 369 g/mol. The van der Waals surface area contributed by atoms with E-state index in [4.69, 9.17) is 0 Å². The summed E-state index contributed by atoms with van der Waals surface area (Å²) in [7, 11) is 0. The first kappa shape index (κ1) is 18.7. The summed E-state index contributed by atoms with van der Waals surface area (Å²) in [6.07, 6.45) is 0.975. The van der Waals surface area contributed by atoms with Gasteiger partial charge in [-0.3, -0.25) is 4.79 Å². The maximum atomic E-state index is 13.3. The van der Waals surface area contributed by atoms with Gasteiger partial charge in [0.25, 0.3) is 0 Å². The molecule has 1 aliphatic carbocycles. The predicted molar refractivity (Wildman–Crippen MR) is 97.8 cm³/mol. The second-order valence-corrected chi connectivity index (χ2v) is 7.34. The quantitative estimate of drug-likeness (QED) is 0.807. The zero-order valence-electron chi connectivity index (χ0n) is 15.3. The van der Waals surface area contributed by atoms with Gasteiger partial charge >= 0.3 is 6.18 Å². The van der Waals surface area contributed by atoms with Crippen LogP contribution in [0.25, 0.3) is 0 Å². The second-order valence-electron chi connectivity index (χ2n) is 7.34. The third kappa shape index (κ3) is 3.31. The van der Waals surface area contributed by atoms with E-state index in [-0.39, 0.29) is 5.91 Å². The molecule has 0 unspecified atom stereocenters. The molecule has 2 aliphatic rings. The van der Waals surface area contributed by atoms with Crippen LogP contribution >= 0.6 is 0 Å². The normalized spacial score (nSPS) is 19.2. The SMILES string of the molecule is O=C(N1CCN(c2ncccn2)CC1)C1(c2cccc(C(F)(F)F)c2)CCC1. The van der Waals surface area contributed by atoms with Gasteiger partial charge in [-0.25, -0.2) is 9.97 Å². The average molecular weight is 390 g/mol. The highest BCUT2D eigenvalue weighted by Gasteiger charge is 2.48. The Hall–Kier alpha value is -2.64. The number of anilines is 1. The van der Waals surface area contributed by atoms with E-state index >= 15 is 0 Å². The van der Waals surface area contributed by atoms with Crippen molar-refractivity contribution < 1.29 is 18.0 Å². The van der Waals surface area contributed by atoms with Gasteiger partial charge < -0.3 is 9.80 Å². The number of aromatic nitrogens is 2. The maximum Gasteiger partial charge on any atom is 0.416 e. The molecule has 8 heteroatoms. The zero-order chi connectivity index (χ0) is 19.8. The first-order valence-corrected chi connectivity index (χ1v) is 9.39. The van der Waals surface area contributed by atoms with Crippen molar-refractivity contribution in [1.29, 1.82) is 0 Å². The van der Waals surface area contributed by atoms with Gasteiger partial charge in [0.2, 0.25) is 11.9 Å². The Balaban J connectivity index is 1.51. The van der Waals surface area contributed by atoms with Crippen molar-refractivity contribution >= 4 is 11.9 Å². The fourth-order valence-corrected chi connectivity index (χ4v) is 4.02. The molecule has 0 radical (unpaired) electrons. The molecule has 1 saturated carbocycles. The van der Waals surface area contributed by atoms with E-state index in [9.17, 15) is 18.0 Å². The van der Waals surface area contributed by atoms with Crippen molar-refractivity contribution in [3.8, 4) is 0 Å². The minimum Gasteiger partial charge on any atom is -0.338 e. The first-order chi connectivity index (χ1) is 13.4. The Labute approximate surface area is 161 Å². The number of piperazine rings is 1. The monoisotopic (exact) mass is 390 g/mol. The molecule has 1 aliphatic heterocycles. The summed E-state index contributed by atoms with van der Waals surface area (Å²) in [6.45, 7) is 2.23. The van der Waals surface area contributed by atoms with Gasteiger partial charge in [0.1, 0.15) is 0 Å². The number of amides is 1. The summed E-state index contributed by atoms with van der Waals surface area (Å²) in [6, 6.07) is 7.00. The van der Waals surface area contributed by atoms with Gasteiger partial charge in [-0.15, -0.1) is 0 Å². The lowest BCUT2D eigenvalue weighted by molar-refractivity contribution is -0.142. The number of halogens is 3. The van der Waals surface area contributed by atoms with Crippen molar-refractivity contribution in [3.05, 3.63) is 53.9 Å². The summed E-state index contributed by atoms with van der Waals surface area (Å²) in [4.78, 5) is 25.6. The fourth-order valence-electron chi connectivity index (χ4n) is 4.02. The van der Waals surface area contributed by atoms with Gasteiger partial charge in [-0.05, 0) is 30.5 Å². The fraction of sp³-hybridized carbons (Fsp3) is 0.450. The van der Waals surface area contributed by atoms with E-state index in [0.717, 1.165) is 18.6 Å². The standard InChI is InChI=1S/C20H21F3N4O/c21-20(22,23)16-5-1-4-15(14-16)19(6-2-7-19)17(28)26-10-12-27(13-11-26)18-24-8-3-9-25-18/h1,3-5,8-9,14H,2,6-7,10-13H2. The lowest BCUT2D eigenvalue weighted by Gasteiger charge is -2.46. The van der Waals surface area contributed by atoms with Gasteiger partial charge in [0.15, 0.2) is 0 Å². The number of hydrogen-bond acceptors (Lipinski definition) is 4. The van der Waals surface area contributed by atoms with E-state index in [0.29, 0.717) is 50.5 Å². The highest BCUT2D eigenvalue weighted by atomic mass is 19.4. The minimum absolute atomic E-state index is 0.0632. The van der Waals surface area contributed by atoms with Crippen LogP contribution in [0.3, 0.4) is 0 Å². The summed E-state index contributed by atoms with van der Waals surface area (Å²) >= 11 is 0. The number of hydrogen-bond donors (Lipinski definition) is 0. The van der Waals surface area contributed by atoms with Gasteiger partial charge in [-0.2, -0.15) is 13.2 Å². The van der Waals surface area contributed by atoms with Crippen LogP contribution in [0.2, 0.25) is 0 Å². The van der Waals surface area contributed by atoms with E-state index in [2.05, 4.69) is 9.97 Å². The molecule has 148 valence electrons. The van der Waals surface area contributed by atoms with Crippen LogP contribution in [0, 0.1) is 0 Å². The molecule has 0 N–H and O–H groups in total. The molecule has 0 spiro atoms. The van der Waals surface area contributed by atoms with Crippen molar-refractivity contribution in [3.63, 3.8) is 0 Å². The molecule has 0 bridgehead atoms. The highest BCUT2D eigenvalue weighted by molar-refractivity contribution is 5.89. The molecule has 1 saturated heterocycles. The minimum atomic E-state index is -4.41. The van der Waals surface area contributed by atoms with Crippen LogP contribution in [0.5, 0.6) is 0 Å². The van der Waals surface area contributed by atoms with E-state index in [1.54, 1.807) is 29.4 Å². The molecule has 2 fully saturated rings. The summed E-state index contributed by atoms with van der Waals surface area (Å²) in [5, 5.41) is 0. The van der Waals surface area contributed by atoms with E-state index in [1.807, 2.05) is 4.90 Å². The Morgan fingerprint density at radius 2 is 1.68 bits per heavy atom. The van der Waals surface area contributed by atoms with Crippen molar-refractivity contribution in [1.82, 2.24) is 14.9 Å². The molecule has 1 aromatic carbocycles. The number of benzene rings is 1. The lowest BCUT2D eigenvalue weighted by atomic mass is 9.63. The predicted octanol–water partition coefficient (Wildman–Crippen LogP) is 3.27. The number of carbonyl (C=O) groups excluding carboxylic acids is 1. The van der Waals surface area contributed by atoms with Crippen molar-refractivity contribution in [2.45, 2.75) is 30.9 Å². The third-order valence-corrected chi connectivity index (χ3v) is 5.76.